The van der Waals surface area contributed by atoms with Crippen LogP contribution in [-0.4, -0.2) is 0 Å². The van der Waals surface area contributed by atoms with Crippen molar-refractivity contribution in [3.8, 4) is 33.4 Å². The molecule has 0 radical (unpaired) electrons. The van der Waals surface area contributed by atoms with Crippen molar-refractivity contribution in [1.29, 1.82) is 0 Å². The molecule has 400 valence electrons. The van der Waals surface area contributed by atoms with Gasteiger partial charge in [-0.15, -0.1) is 0 Å². The average molecular weight is 1090 g/mol. The summed E-state index contributed by atoms with van der Waals surface area (Å²) in [5.41, 5.74) is 22.2. The molecule has 0 amide bonds. The fourth-order valence-electron chi connectivity index (χ4n) is 11.2. The van der Waals surface area contributed by atoms with E-state index >= 15 is 0 Å². The largest absolute Gasteiger partial charge is 0.311 e. The maximum atomic E-state index is 13.3. The van der Waals surface area contributed by atoms with Gasteiger partial charge < -0.3 is 14.7 Å². The Bertz CT molecular complexity index is 3970. The van der Waals surface area contributed by atoms with Gasteiger partial charge in [-0.05, 0) is 196 Å². The van der Waals surface area contributed by atoms with Crippen LogP contribution in [0.5, 0.6) is 0 Å². The SMILES string of the molecule is CC=CC(P=O)c1cc(-c2ccc(N(c3ccccc3)c3ccccc3)cc2)ccc1Cc1cc(-c2ccc(N(c3ccccc3)c3ccccc3)cc2)ccc1Cc1cccc(-c2ccc(N(c3ccccc3)c3ccccc3)cc2)c1. The second-order valence-electron chi connectivity index (χ2n) is 20.7. The smallest absolute Gasteiger partial charge is 0.167 e. The van der Waals surface area contributed by atoms with Crippen LogP contribution in [0, 0.1) is 0 Å². The number of allylic oxidation sites excluding steroid dienone is 2. The highest BCUT2D eigenvalue weighted by Crippen LogP contribution is 2.41. The van der Waals surface area contributed by atoms with E-state index in [2.05, 4.69) is 336 Å². The molecule has 0 N–H and O–H groups in total. The minimum atomic E-state index is -0.326. The van der Waals surface area contributed by atoms with Gasteiger partial charge in [-0.25, -0.2) is 0 Å². The summed E-state index contributed by atoms with van der Waals surface area (Å²) in [5, 5.41) is 0. The van der Waals surface area contributed by atoms with E-state index in [9.17, 15) is 4.57 Å². The van der Waals surface area contributed by atoms with Gasteiger partial charge in [-0.3, -0.25) is 4.57 Å². The van der Waals surface area contributed by atoms with E-state index in [1.54, 1.807) is 0 Å². The summed E-state index contributed by atoms with van der Waals surface area (Å²) in [5.74, 6) is 0. The molecule has 12 rings (SSSR count). The van der Waals surface area contributed by atoms with E-state index in [4.69, 9.17) is 0 Å². The summed E-state index contributed by atoms with van der Waals surface area (Å²) in [4.78, 5) is 6.87. The molecule has 4 nitrogen and oxygen atoms in total. The average Bonchev–Trinajstić information content (AvgIpc) is 3.59. The Kier molecular flexibility index (Phi) is 16.5. The molecule has 0 aliphatic rings. The lowest BCUT2D eigenvalue weighted by Crippen LogP contribution is -2.09. The second kappa shape index (κ2) is 25.6. The summed E-state index contributed by atoms with van der Waals surface area (Å²) < 4.78 is 13.3. The number of para-hydroxylation sites is 6. The lowest BCUT2D eigenvalue weighted by Gasteiger charge is -2.25. The first kappa shape index (κ1) is 53.5. The Morgan fingerprint density at radius 2 is 0.627 bits per heavy atom. The molecule has 0 aromatic heterocycles. The predicted molar refractivity (Wildman–Crippen MR) is 350 cm³/mol. The molecule has 1 unspecified atom stereocenters. The van der Waals surface area contributed by atoms with Crippen molar-refractivity contribution < 1.29 is 4.57 Å². The fraction of sp³-hybridized carbons (Fsp3) is 0.0513. The third-order valence-electron chi connectivity index (χ3n) is 15.3. The van der Waals surface area contributed by atoms with E-state index in [1.165, 1.54) is 22.3 Å². The zero-order chi connectivity index (χ0) is 56.2. The molecule has 0 saturated heterocycles. The molecule has 5 heteroatoms. The van der Waals surface area contributed by atoms with Gasteiger partial charge in [0.2, 0.25) is 0 Å². The van der Waals surface area contributed by atoms with E-state index in [0.717, 1.165) is 96.6 Å². The van der Waals surface area contributed by atoms with Gasteiger partial charge in [0.05, 0.1) is 5.66 Å². The highest BCUT2D eigenvalue weighted by atomic mass is 31.1. The Balaban J connectivity index is 0.896. The van der Waals surface area contributed by atoms with Gasteiger partial charge in [0.1, 0.15) is 0 Å². The van der Waals surface area contributed by atoms with Crippen LogP contribution >= 0.6 is 8.46 Å². The van der Waals surface area contributed by atoms with Gasteiger partial charge >= 0.3 is 0 Å². The first-order chi connectivity index (χ1) is 41.1. The summed E-state index contributed by atoms with van der Waals surface area (Å²) in [6, 6.07) is 112. The molecular weight excluding hydrogens is 1030 g/mol. The second-order valence-corrected chi connectivity index (χ2v) is 21.5. The summed E-state index contributed by atoms with van der Waals surface area (Å²) >= 11 is 0. The lowest BCUT2D eigenvalue weighted by atomic mass is 9.88. The molecule has 0 aliphatic carbocycles. The van der Waals surface area contributed by atoms with Crippen LogP contribution in [0.3, 0.4) is 0 Å². The van der Waals surface area contributed by atoms with E-state index in [-0.39, 0.29) is 14.1 Å². The number of nitrogens with zero attached hydrogens (tertiary/aromatic N) is 3. The van der Waals surface area contributed by atoms with Crippen molar-refractivity contribution in [3.63, 3.8) is 0 Å². The first-order valence-electron chi connectivity index (χ1n) is 28.4. The summed E-state index contributed by atoms with van der Waals surface area (Å²) in [7, 11) is 0.0417. The fourth-order valence-corrected chi connectivity index (χ4v) is 11.8. The number of anilines is 9. The molecule has 0 spiro atoms. The van der Waals surface area contributed by atoms with Crippen LogP contribution in [0.1, 0.15) is 40.4 Å². The number of rotatable bonds is 19. The van der Waals surface area contributed by atoms with Crippen LogP contribution < -0.4 is 14.7 Å². The van der Waals surface area contributed by atoms with Crippen LogP contribution in [0.15, 0.2) is 328 Å². The van der Waals surface area contributed by atoms with Crippen molar-refractivity contribution in [2.75, 3.05) is 14.7 Å². The molecule has 1 atom stereocenters. The van der Waals surface area contributed by atoms with Crippen LogP contribution in [0.2, 0.25) is 0 Å². The Morgan fingerprint density at radius 1 is 0.301 bits per heavy atom. The molecule has 0 aliphatic heterocycles. The normalized spacial score (nSPS) is 11.6. The monoisotopic (exact) mass is 1090 g/mol. The molecule has 12 aromatic carbocycles. The minimum Gasteiger partial charge on any atom is -0.311 e. The van der Waals surface area contributed by atoms with Crippen molar-refractivity contribution in [1.82, 2.24) is 0 Å². The van der Waals surface area contributed by atoms with Crippen molar-refractivity contribution >= 4 is 59.6 Å². The maximum Gasteiger partial charge on any atom is 0.167 e. The zero-order valence-electron chi connectivity index (χ0n) is 46.4. The topological polar surface area (TPSA) is 26.8 Å². The third-order valence-corrected chi connectivity index (χ3v) is 16.0. The molecule has 83 heavy (non-hydrogen) atoms. The Morgan fingerprint density at radius 3 is 0.988 bits per heavy atom. The van der Waals surface area contributed by atoms with Crippen molar-refractivity contribution in [2.45, 2.75) is 25.4 Å². The van der Waals surface area contributed by atoms with Crippen LogP contribution in [-0.2, 0) is 17.4 Å². The van der Waals surface area contributed by atoms with Gasteiger partial charge in [0, 0.05) is 51.2 Å². The van der Waals surface area contributed by atoms with Gasteiger partial charge in [-0.1, -0.05) is 212 Å². The van der Waals surface area contributed by atoms with E-state index < -0.39 is 0 Å². The van der Waals surface area contributed by atoms with Gasteiger partial charge in [0.15, 0.2) is 8.46 Å². The molecule has 0 saturated carbocycles. The molecule has 0 bridgehead atoms. The highest BCUT2D eigenvalue weighted by Gasteiger charge is 2.20. The first-order valence-corrected chi connectivity index (χ1v) is 29.3. The van der Waals surface area contributed by atoms with Crippen molar-refractivity contribution in [2.24, 2.45) is 0 Å². The van der Waals surface area contributed by atoms with E-state index in [1.807, 2.05) is 13.0 Å². The number of hydrogen-bond acceptors (Lipinski definition) is 4. The van der Waals surface area contributed by atoms with Crippen LogP contribution in [0.25, 0.3) is 33.4 Å². The molecular formula is C78H62N3OP. The molecule has 0 fully saturated rings. The minimum absolute atomic E-state index is 0.0417. The van der Waals surface area contributed by atoms with Gasteiger partial charge in [-0.2, -0.15) is 0 Å². The van der Waals surface area contributed by atoms with Crippen LogP contribution in [0.4, 0.5) is 51.2 Å². The Labute approximate surface area is 490 Å². The standard InChI is InChI=1S/C78H62N3OP/c1-2-22-78(83-82)77-57-65(61-45-51-76(52-46-61)81(72-33-17-7-18-34-72)73-35-19-8-20-36-73)39-40-66(77)56-67-55-64(60-43-49-75(50-44-60)80(70-29-13-5-14-30-70)71-31-15-6-16-32-71)38-37-63(67)54-58-23-21-24-62(53-58)59-41-47-74(48-42-59)79(68-25-9-3-10-26-68)69-27-11-4-12-28-69/h2-53,55,57,78H,54,56H2,1H3. The lowest BCUT2D eigenvalue weighted by molar-refractivity contribution is 0.595. The number of hydrogen-bond donors (Lipinski definition) is 0. The summed E-state index contributed by atoms with van der Waals surface area (Å²) in [6.07, 6.45) is 5.46. The third kappa shape index (κ3) is 12.3. The van der Waals surface area contributed by atoms with Crippen molar-refractivity contribution in [3.05, 3.63) is 355 Å². The molecule has 12 aromatic rings. The quantitative estimate of drug-likeness (QED) is 0.0596. The maximum absolute atomic E-state index is 13.3. The Hall–Kier alpha value is -10.1. The number of benzene rings is 12. The zero-order valence-corrected chi connectivity index (χ0v) is 47.3. The highest BCUT2D eigenvalue weighted by molar-refractivity contribution is 7.24. The molecule has 0 heterocycles. The van der Waals surface area contributed by atoms with E-state index in [0.29, 0.717) is 6.42 Å². The van der Waals surface area contributed by atoms with Gasteiger partial charge in [0.25, 0.3) is 0 Å². The summed E-state index contributed by atoms with van der Waals surface area (Å²) in [6.45, 7) is 2.00. The predicted octanol–water partition coefficient (Wildman–Crippen LogP) is 22.2.